The highest BCUT2D eigenvalue weighted by Crippen LogP contribution is 2.25. The third-order valence-electron chi connectivity index (χ3n) is 2.09. The number of hydrogen-bond donors (Lipinski definition) is 2. The van der Waals surface area contributed by atoms with E-state index in [2.05, 4.69) is 33.0 Å². The van der Waals surface area contributed by atoms with Gasteiger partial charge in [-0.3, -0.25) is 4.79 Å². The third kappa shape index (κ3) is 9.73. The van der Waals surface area contributed by atoms with E-state index in [0.29, 0.717) is 18.9 Å². The van der Waals surface area contributed by atoms with Crippen LogP contribution in [0.3, 0.4) is 0 Å². The largest absolute Gasteiger partial charge is 0.392 e. The molecule has 0 aliphatic rings. The van der Waals surface area contributed by atoms with E-state index in [-0.39, 0.29) is 11.3 Å². The third-order valence-corrected chi connectivity index (χ3v) is 2.09. The molecule has 0 rings (SSSR count). The summed E-state index contributed by atoms with van der Waals surface area (Å²) in [6, 6.07) is 0. The number of amides is 1. The summed E-state index contributed by atoms with van der Waals surface area (Å²) < 4.78 is 0. The van der Waals surface area contributed by atoms with Gasteiger partial charge in [0.2, 0.25) is 5.91 Å². The monoisotopic (exact) mass is 215 g/mol. The van der Waals surface area contributed by atoms with Gasteiger partial charge in [-0.15, -0.1) is 0 Å². The topological polar surface area (TPSA) is 49.3 Å². The molecule has 0 saturated carbocycles. The van der Waals surface area contributed by atoms with Gasteiger partial charge in [0.05, 0.1) is 6.10 Å². The van der Waals surface area contributed by atoms with Crippen molar-refractivity contribution < 1.29 is 9.90 Å². The number of rotatable bonds is 5. The lowest BCUT2D eigenvalue weighted by atomic mass is 9.84. The van der Waals surface area contributed by atoms with E-state index in [1.54, 1.807) is 6.92 Å². The van der Waals surface area contributed by atoms with Crippen molar-refractivity contribution in [3.8, 4) is 0 Å². The first kappa shape index (κ1) is 14.4. The maximum absolute atomic E-state index is 11.4. The Morgan fingerprint density at radius 2 is 1.87 bits per heavy atom. The minimum absolute atomic E-state index is 0.0349. The molecule has 0 aromatic heterocycles. The van der Waals surface area contributed by atoms with Crippen LogP contribution in [0.15, 0.2) is 0 Å². The molecule has 0 aromatic carbocycles. The van der Waals surface area contributed by atoms with E-state index in [0.717, 1.165) is 6.42 Å². The van der Waals surface area contributed by atoms with Crippen molar-refractivity contribution in [2.24, 2.45) is 11.3 Å². The summed E-state index contributed by atoms with van der Waals surface area (Å²) in [5, 5.41) is 11.7. The predicted molar refractivity (Wildman–Crippen MR) is 62.5 cm³/mol. The van der Waals surface area contributed by atoms with Gasteiger partial charge < -0.3 is 10.4 Å². The normalized spacial score (nSPS) is 15.9. The van der Waals surface area contributed by atoms with Gasteiger partial charge >= 0.3 is 0 Å². The second kappa shape index (κ2) is 6.11. The summed E-state index contributed by atoms with van der Waals surface area (Å²) >= 11 is 0. The van der Waals surface area contributed by atoms with Crippen molar-refractivity contribution in [2.45, 2.75) is 53.6 Å². The molecule has 0 aromatic rings. The van der Waals surface area contributed by atoms with Gasteiger partial charge in [0.1, 0.15) is 0 Å². The van der Waals surface area contributed by atoms with E-state index in [9.17, 15) is 4.79 Å². The maximum atomic E-state index is 11.4. The van der Waals surface area contributed by atoms with Crippen LogP contribution in [0.1, 0.15) is 47.5 Å². The van der Waals surface area contributed by atoms with Crippen LogP contribution in [0.25, 0.3) is 0 Å². The van der Waals surface area contributed by atoms with Crippen LogP contribution in [-0.2, 0) is 4.79 Å². The van der Waals surface area contributed by atoms with Crippen molar-refractivity contribution in [2.75, 3.05) is 6.54 Å². The number of aliphatic hydroxyl groups is 1. The number of carbonyl (C=O) groups is 1. The molecular formula is C12H25NO2. The number of carbonyl (C=O) groups excluding carboxylic acids is 1. The van der Waals surface area contributed by atoms with E-state index >= 15 is 0 Å². The predicted octanol–water partition coefficient (Wildman–Crippen LogP) is 1.95. The Kier molecular flexibility index (Phi) is 5.88. The van der Waals surface area contributed by atoms with Gasteiger partial charge in [0.25, 0.3) is 0 Å². The summed E-state index contributed by atoms with van der Waals surface area (Å²) in [5.41, 5.74) is 0.268. The highest BCUT2D eigenvalue weighted by Gasteiger charge is 2.17. The van der Waals surface area contributed by atoms with E-state index in [1.807, 2.05) is 0 Å². The first-order valence-electron chi connectivity index (χ1n) is 5.65. The molecule has 0 fully saturated rings. The lowest BCUT2D eigenvalue weighted by Gasteiger charge is -2.22. The molecule has 1 amide bonds. The molecule has 0 heterocycles. The zero-order chi connectivity index (χ0) is 12.1. The molecule has 0 saturated heterocycles. The van der Waals surface area contributed by atoms with Crippen LogP contribution in [0.4, 0.5) is 0 Å². The fourth-order valence-electron chi connectivity index (χ4n) is 1.77. The highest BCUT2D eigenvalue weighted by atomic mass is 16.3. The van der Waals surface area contributed by atoms with Crippen molar-refractivity contribution in [3.63, 3.8) is 0 Å². The molecule has 0 radical (unpaired) electrons. The molecular weight excluding hydrogens is 190 g/mol. The minimum atomic E-state index is -0.466. The summed E-state index contributed by atoms with van der Waals surface area (Å²) in [6.45, 7) is 10.6. The van der Waals surface area contributed by atoms with Gasteiger partial charge in [-0.25, -0.2) is 0 Å². The van der Waals surface area contributed by atoms with Crippen LogP contribution in [-0.4, -0.2) is 23.7 Å². The summed E-state index contributed by atoms with van der Waals surface area (Å²) in [4.78, 5) is 11.4. The number of aliphatic hydroxyl groups excluding tert-OH is 1. The van der Waals surface area contributed by atoms with Crippen molar-refractivity contribution in [1.29, 1.82) is 0 Å². The average Bonchev–Trinajstić information content (AvgIpc) is 1.96. The minimum Gasteiger partial charge on any atom is -0.392 e. The molecule has 2 N–H and O–H groups in total. The lowest BCUT2D eigenvalue weighted by molar-refractivity contribution is -0.122. The SMILES string of the molecule is CC(O)CNC(=O)CC(C)CC(C)(C)C. The Morgan fingerprint density at radius 1 is 1.33 bits per heavy atom. The Balaban J connectivity index is 3.77. The molecule has 0 aliphatic heterocycles. The standard InChI is InChI=1S/C12H25NO2/c1-9(7-12(3,4)5)6-11(15)13-8-10(2)14/h9-10,14H,6-8H2,1-5H3,(H,13,15). The first-order chi connectivity index (χ1) is 6.70. The quantitative estimate of drug-likeness (QED) is 0.736. The first-order valence-corrected chi connectivity index (χ1v) is 5.65. The fraction of sp³-hybridized carbons (Fsp3) is 0.917. The lowest BCUT2D eigenvalue weighted by Crippen LogP contribution is -2.31. The molecule has 3 nitrogen and oxygen atoms in total. The fourth-order valence-corrected chi connectivity index (χ4v) is 1.77. The zero-order valence-corrected chi connectivity index (χ0v) is 10.6. The van der Waals surface area contributed by atoms with Crippen molar-refractivity contribution in [3.05, 3.63) is 0 Å². The van der Waals surface area contributed by atoms with E-state index in [4.69, 9.17) is 5.11 Å². The van der Waals surface area contributed by atoms with Crippen LogP contribution in [0.5, 0.6) is 0 Å². The maximum Gasteiger partial charge on any atom is 0.220 e. The molecule has 2 unspecified atom stereocenters. The molecule has 3 heteroatoms. The van der Waals surface area contributed by atoms with Gasteiger partial charge in [-0.1, -0.05) is 27.7 Å². The van der Waals surface area contributed by atoms with Gasteiger partial charge in [0.15, 0.2) is 0 Å². The summed E-state index contributed by atoms with van der Waals surface area (Å²) in [5.74, 6) is 0.423. The van der Waals surface area contributed by atoms with E-state index < -0.39 is 6.10 Å². The second-order valence-electron chi connectivity index (χ2n) is 5.73. The van der Waals surface area contributed by atoms with E-state index in [1.165, 1.54) is 0 Å². The molecule has 0 spiro atoms. The van der Waals surface area contributed by atoms with Crippen molar-refractivity contribution >= 4 is 5.91 Å². The van der Waals surface area contributed by atoms with Gasteiger partial charge in [0, 0.05) is 13.0 Å². The smallest absolute Gasteiger partial charge is 0.220 e. The van der Waals surface area contributed by atoms with Crippen molar-refractivity contribution in [1.82, 2.24) is 5.32 Å². The Bertz CT molecular complexity index is 194. The van der Waals surface area contributed by atoms with Gasteiger partial charge in [-0.2, -0.15) is 0 Å². The summed E-state index contributed by atoms with van der Waals surface area (Å²) in [7, 11) is 0. The zero-order valence-electron chi connectivity index (χ0n) is 10.6. The van der Waals surface area contributed by atoms with Crippen LogP contribution < -0.4 is 5.32 Å². The molecule has 15 heavy (non-hydrogen) atoms. The Labute approximate surface area is 93.3 Å². The molecule has 90 valence electrons. The second-order valence-corrected chi connectivity index (χ2v) is 5.73. The van der Waals surface area contributed by atoms with Crippen LogP contribution >= 0.6 is 0 Å². The van der Waals surface area contributed by atoms with Gasteiger partial charge in [-0.05, 0) is 24.7 Å². The average molecular weight is 215 g/mol. The number of nitrogens with one attached hydrogen (secondary N) is 1. The van der Waals surface area contributed by atoms with Crippen LogP contribution in [0.2, 0.25) is 0 Å². The Morgan fingerprint density at radius 3 is 2.27 bits per heavy atom. The van der Waals surface area contributed by atoms with Crippen LogP contribution in [0, 0.1) is 11.3 Å². The Hall–Kier alpha value is -0.570. The molecule has 2 atom stereocenters. The summed E-state index contributed by atoms with van der Waals surface area (Å²) in [6.07, 6.45) is 1.12. The number of hydrogen-bond acceptors (Lipinski definition) is 2. The molecule has 0 bridgehead atoms. The molecule has 0 aliphatic carbocycles. The highest BCUT2D eigenvalue weighted by molar-refractivity contribution is 5.76.